The van der Waals surface area contributed by atoms with Gasteiger partial charge in [0.25, 0.3) is 0 Å². The van der Waals surface area contributed by atoms with Crippen molar-refractivity contribution in [2.45, 2.75) is 40.2 Å². The number of aryl methyl sites for hydroxylation is 1. The number of nitrogens with one attached hydrogen (secondary N) is 1. The third-order valence-corrected chi connectivity index (χ3v) is 3.74. The highest BCUT2D eigenvalue weighted by atomic mass is 16.5. The number of likely N-dealkylation sites (N-methyl/N-ethyl adjacent to an activating group) is 1. The molecule has 4 nitrogen and oxygen atoms in total. The van der Waals surface area contributed by atoms with E-state index >= 15 is 0 Å². The molecule has 0 aliphatic carbocycles. The number of methoxy groups -OCH3 is 1. The van der Waals surface area contributed by atoms with Gasteiger partial charge in [0.15, 0.2) is 0 Å². The van der Waals surface area contributed by atoms with Gasteiger partial charge in [0.05, 0.1) is 18.1 Å². The standard InChI is InChI=1S/C17H27N3O/c1-5-18-10-8-17-19-15-12-14(21-4)6-7-16(15)20(17)11-9-13(2)3/h6-7,12-13,18H,5,8-11H2,1-4H3. The number of benzene rings is 1. The van der Waals surface area contributed by atoms with Gasteiger partial charge < -0.3 is 14.6 Å². The molecule has 0 saturated carbocycles. The molecule has 2 aromatic rings. The van der Waals surface area contributed by atoms with Crippen LogP contribution in [0.25, 0.3) is 11.0 Å². The summed E-state index contributed by atoms with van der Waals surface area (Å²) in [5.41, 5.74) is 2.24. The summed E-state index contributed by atoms with van der Waals surface area (Å²) in [6.07, 6.45) is 2.13. The Balaban J connectivity index is 2.31. The molecule has 0 bridgehead atoms. The van der Waals surface area contributed by atoms with Crippen molar-refractivity contribution in [1.29, 1.82) is 0 Å². The molecule has 1 heterocycles. The summed E-state index contributed by atoms with van der Waals surface area (Å²) in [6.45, 7) is 9.66. The lowest BCUT2D eigenvalue weighted by molar-refractivity contribution is 0.415. The molecule has 0 unspecified atom stereocenters. The van der Waals surface area contributed by atoms with Gasteiger partial charge in [-0.05, 0) is 31.0 Å². The minimum atomic E-state index is 0.697. The Morgan fingerprint density at radius 2 is 2.14 bits per heavy atom. The van der Waals surface area contributed by atoms with Gasteiger partial charge in [0.1, 0.15) is 11.6 Å². The van der Waals surface area contributed by atoms with Gasteiger partial charge in [-0.25, -0.2) is 4.98 Å². The Bertz CT molecular complexity index is 575. The maximum atomic E-state index is 5.31. The fraction of sp³-hybridized carbons (Fsp3) is 0.588. The van der Waals surface area contributed by atoms with Crippen LogP contribution in [0, 0.1) is 5.92 Å². The third-order valence-electron chi connectivity index (χ3n) is 3.74. The van der Waals surface area contributed by atoms with Gasteiger partial charge >= 0.3 is 0 Å². The molecule has 4 heteroatoms. The molecular weight excluding hydrogens is 262 g/mol. The van der Waals surface area contributed by atoms with Gasteiger partial charge in [-0.1, -0.05) is 20.8 Å². The van der Waals surface area contributed by atoms with E-state index in [2.05, 4.69) is 36.7 Å². The highest BCUT2D eigenvalue weighted by Gasteiger charge is 2.11. The number of hydrogen-bond donors (Lipinski definition) is 1. The number of ether oxygens (including phenoxy) is 1. The van der Waals surface area contributed by atoms with E-state index in [4.69, 9.17) is 9.72 Å². The lowest BCUT2D eigenvalue weighted by Crippen LogP contribution is -2.18. The number of fused-ring (bicyclic) bond motifs is 1. The van der Waals surface area contributed by atoms with Crippen molar-refractivity contribution in [2.75, 3.05) is 20.2 Å². The largest absolute Gasteiger partial charge is 0.497 e. The van der Waals surface area contributed by atoms with Crippen molar-refractivity contribution in [2.24, 2.45) is 5.92 Å². The lowest BCUT2D eigenvalue weighted by Gasteiger charge is -2.11. The molecule has 0 spiro atoms. The molecule has 0 aliphatic rings. The van der Waals surface area contributed by atoms with Crippen LogP contribution in [0.15, 0.2) is 18.2 Å². The number of hydrogen-bond acceptors (Lipinski definition) is 3. The zero-order valence-corrected chi connectivity index (χ0v) is 13.6. The van der Waals surface area contributed by atoms with E-state index < -0.39 is 0 Å². The first-order valence-electron chi connectivity index (χ1n) is 7.89. The second kappa shape index (κ2) is 7.46. The van der Waals surface area contributed by atoms with Gasteiger partial charge in [-0.2, -0.15) is 0 Å². The molecule has 0 fully saturated rings. The first-order valence-corrected chi connectivity index (χ1v) is 7.89. The second-order valence-electron chi connectivity index (χ2n) is 5.82. The Kier molecular flexibility index (Phi) is 5.62. The molecule has 0 aliphatic heterocycles. The fourth-order valence-electron chi connectivity index (χ4n) is 2.49. The molecule has 1 aromatic heterocycles. The van der Waals surface area contributed by atoms with Crippen LogP contribution in [0.2, 0.25) is 0 Å². The van der Waals surface area contributed by atoms with E-state index in [1.54, 1.807) is 7.11 Å². The Labute approximate surface area is 127 Å². The highest BCUT2D eigenvalue weighted by molar-refractivity contribution is 5.77. The summed E-state index contributed by atoms with van der Waals surface area (Å²) in [6, 6.07) is 6.17. The Morgan fingerprint density at radius 1 is 1.33 bits per heavy atom. The van der Waals surface area contributed by atoms with Crippen molar-refractivity contribution < 1.29 is 4.74 Å². The average Bonchev–Trinajstić information content (AvgIpc) is 2.81. The topological polar surface area (TPSA) is 39.1 Å². The normalized spacial score (nSPS) is 11.5. The van der Waals surface area contributed by atoms with E-state index in [1.807, 2.05) is 12.1 Å². The quantitative estimate of drug-likeness (QED) is 0.758. The van der Waals surface area contributed by atoms with Gasteiger partial charge in [0.2, 0.25) is 0 Å². The fourth-order valence-corrected chi connectivity index (χ4v) is 2.49. The van der Waals surface area contributed by atoms with Crippen LogP contribution in [0.4, 0.5) is 0 Å². The zero-order valence-electron chi connectivity index (χ0n) is 13.6. The van der Waals surface area contributed by atoms with Crippen molar-refractivity contribution in [3.8, 4) is 5.75 Å². The summed E-state index contributed by atoms with van der Waals surface area (Å²) >= 11 is 0. The summed E-state index contributed by atoms with van der Waals surface area (Å²) in [5, 5.41) is 3.38. The van der Waals surface area contributed by atoms with Crippen LogP contribution < -0.4 is 10.1 Å². The SMILES string of the molecule is CCNCCc1nc2cc(OC)ccc2n1CCC(C)C. The van der Waals surface area contributed by atoms with Crippen molar-refractivity contribution in [3.05, 3.63) is 24.0 Å². The molecule has 1 N–H and O–H groups in total. The van der Waals surface area contributed by atoms with Crippen LogP contribution >= 0.6 is 0 Å². The van der Waals surface area contributed by atoms with Crippen LogP contribution in [0.1, 0.15) is 33.0 Å². The zero-order chi connectivity index (χ0) is 15.2. The van der Waals surface area contributed by atoms with Crippen LogP contribution in [0.3, 0.4) is 0 Å². The summed E-state index contributed by atoms with van der Waals surface area (Å²) < 4.78 is 7.67. The molecule has 0 amide bonds. The molecule has 0 radical (unpaired) electrons. The molecule has 0 saturated heterocycles. The number of imidazole rings is 1. The van der Waals surface area contributed by atoms with E-state index in [9.17, 15) is 0 Å². The molecule has 2 rings (SSSR count). The maximum absolute atomic E-state index is 5.31. The average molecular weight is 289 g/mol. The molecule has 1 aromatic carbocycles. The number of nitrogens with zero attached hydrogens (tertiary/aromatic N) is 2. The molecule has 21 heavy (non-hydrogen) atoms. The minimum Gasteiger partial charge on any atom is -0.497 e. The minimum absolute atomic E-state index is 0.697. The maximum Gasteiger partial charge on any atom is 0.121 e. The predicted molar refractivity (Wildman–Crippen MR) is 88.0 cm³/mol. The monoisotopic (exact) mass is 289 g/mol. The van der Waals surface area contributed by atoms with Crippen molar-refractivity contribution >= 4 is 11.0 Å². The second-order valence-corrected chi connectivity index (χ2v) is 5.82. The lowest BCUT2D eigenvalue weighted by atomic mass is 10.1. The molecule has 0 atom stereocenters. The van der Waals surface area contributed by atoms with E-state index in [0.717, 1.165) is 37.3 Å². The van der Waals surface area contributed by atoms with E-state index in [0.29, 0.717) is 5.92 Å². The van der Waals surface area contributed by atoms with Crippen LogP contribution in [-0.4, -0.2) is 29.8 Å². The van der Waals surface area contributed by atoms with E-state index in [-0.39, 0.29) is 0 Å². The number of rotatable bonds is 8. The van der Waals surface area contributed by atoms with Gasteiger partial charge in [0, 0.05) is 25.6 Å². The Hall–Kier alpha value is -1.55. The summed E-state index contributed by atoms with van der Waals surface area (Å²) in [4.78, 5) is 4.81. The van der Waals surface area contributed by atoms with Crippen molar-refractivity contribution in [3.63, 3.8) is 0 Å². The summed E-state index contributed by atoms with van der Waals surface area (Å²) in [5.74, 6) is 2.73. The van der Waals surface area contributed by atoms with Crippen LogP contribution in [-0.2, 0) is 13.0 Å². The molecular formula is C17H27N3O. The smallest absolute Gasteiger partial charge is 0.121 e. The van der Waals surface area contributed by atoms with Crippen LogP contribution in [0.5, 0.6) is 5.75 Å². The molecule has 116 valence electrons. The Morgan fingerprint density at radius 3 is 2.81 bits per heavy atom. The first kappa shape index (κ1) is 15.8. The highest BCUT2D eigenvalue weighted by Crippen LogP contribution is 2.23. The van der Waals surface area contributed by atoms with Gasteiger partial charge in [-0.3, -0.25) is 0 Å². The van der Waals surface area contributed by atoms with Gasteiger partial charge in [-0.15, -0.1) is 0 Å². The third kappa shape index (κ3) is 3.97. The summed E-state index contributed by atoms with van der Waals surface area (Å²) in [7, 11) is 1.70. The van der Waals surface area contributed by atoms with Crippen molar-refractivity contribution in [1.82, 2.24) is 14.9 Å². The number of aromatic nitrogens is 2. The van der Waals surface area contributed by atoms with E-state index in [1.165, 1.54) is 17.8 Å². The predicted octanol–water partition coefficient (Wildman–Crippen LogP) is 3.24. The first-order chi connectivity index (χ1) is 10.2.